The molecule has 0 rings (SSSR count). The fraction of sp³-hybridized carbons (Fsp3) is 0.667. The van der Waals surface area contributed by atoms with Crippen LogP contribution in [0.2, 0.25) is 0 Å². The first-order valence-electron chi connectivity index (χ1n) is 1.35. The standard InChI is InChI=1S/C3H6O.2H2O/c1-2-3-4;;/h3H,2H2,1H3;2*1H2. The zero-order valence-corrected chi connectivity index (χ0v) is 3.69. The van der Waals surface area contributed by atoms with Crippen molar-refractivity contribution in [3.8, 4) is 0 Å². The molecule has 0 atom stereocenters. The van der Waals surface area contributed by atoms with E-state index in [0.717, 1.165) is 6.29 Å². The molecule has 0 aliphatic rings. The molecule has 0 aromatic heterocycles. The van der Waals surface area contributed by atoms with Crippen LogP contribution in [0.1, 0.15) is 13.3 Å². The zero-order chi connectivity index (χ0) is 3.41. The molecule has 0 spiro atoms. The van der Waals surface area contributed by atoms with Gasteiger partial charge < -0.3 is 15.7 Å². The highest BCUT2D eigenvalue weighted by atomic mass is 16.1. The van der Waals surface area contributed by atoms with E-state index in [9.17, 15) is 4.79 Å². The molecule has 40 valence electrons. The summed E-state index contributed by atoms with van der Waals surface area (Å²) in [6.07, 6.45) is 1.51. The van der Waals surface area contributed by atoms with E-state index in [1.54, 1.807) is 0 Å². The Morgan fingerprint density at radius 2 is 1.67 bits per heavy atom. The van der Waals surface area contributed by atoms with Gasteiger partial charge in [-0.1, -0.05) is 6.92 Å². The minimum absolute atomic E-state index is 0. The van der Waals surface area contributed by atoms with Crippen LogP contribution in [-0.4, -0.2) is 17.2 Å². The van der Waals surface area contributed by atoms with E-state index in [2.05, 4.69) is 0 Å². The van der Waals surface area contributed by atoms with Crippen LogP contribution in [0.5, 0.6) is 0 Å². The molecule has 3 nitrogen and oxygen atoms in total. The Balaban J connectivity index is -0.0000000450. The number of hydrogen-bond acceptors (Lipinski definition) is 1. The van der Waals surface area contributed by atoms with Crippen LogP contribution in [-0.2, 0) is 4.79 Å². The molecule has 0 aromatic carbocycles. The molecule has 0 amide bonds. The molecule has 0 fully saturated rings. The second kappa shape index (κ2) is 23.4. The number of rotatable bonds is 1. The van der Waals surface area contributed by atoms with Crippen LogP contribution in [0, 0.1) is 0 Å². The molecule has 6 heavy (non-hydrogen) atoms. The summed E-state index contributed by atoms with van der Waals surface area (Å²) in [6.45, 7) is 1.81. The number of hydrogen-bond donors (Lipinski definition) is 0. The maximum atomic E-state index is 9.17. The van der Waals surface area contributed by atoms with Gasteiger partial charge in [0.15, 0.2) is 0 Å². The number of carbonyl (C=O) groups excluding carboxylic acids is 1. The molecule has 0 saturated carbocycles. The third-order valence-corrected chi connectivity index (χ3v) is 0.167. The lowest BCUT2D eigenvalue weighted by Gasteiger charge is -1.51. The summed E-state index contributed by atoms with van der Waals surface area (Å²) in [5, 5.41) is 0. The maximum Gasteiger partial charge on any atom is 0.119 e. The molecule has 0 heterocycles. The van der Waals surface area contributed by atoms with Gasteiger partial charge in [0.1, 0.15) is 6.29 Å². The van der Waals surface area contributed by atoms with Crippen LogP contribution >= 0.6 is 0 Å². The Morgan fingerprint density at radius 1 is 1.50 bits per heavy atom. The summed E-state index contributed by atoms with van der Waals surface area (Å²) >= 11 is 0. The summed E-state index contributed by atoms with van der Waals surface area (Å²) in [4.78, 5) is 9.17. The highest BCUT2D eigenvalue weighted by molar-refractivity contribution is 5.48. The van der Waals surface area contributed by atoms with Crippen LogP contribution in [0.4, 0.5) is 0 Å². The third-order valence-electron chi connectivity index (χ3n) is 0.167. The van der Waals surface area contributed by atoms with Crippen molar-refractivity contribution in [1.82, 2.24) is 0 Å². The van der Waals surface area contributed by atoms with Crippen LogP contribution in [0.3, 0.4) is 0 Å². The first-order chi connectivity index (χ1) is 1.91. The highest BCUT2D eigenvalue weighted by Crippen LogP contribution is 1.53. The molecule has 0 aliphatic carbocycles. The van der Waals surface area contributed by atoms with Crippen molar-refractivity contribution in [2.45, 2.75) is 13.3 Å². The van der Waals surface area contributed by atoms with E-state index in [0.29, 0.717) is 6.42 Å². The topological polar surface area (TPSA) is 80.1 Å². The number of carbonyl (C=O) groups is 1. The smallest absolute Gasteiger partial charge is 0.119 e. The van der Waals surface area contributed by atoms with Gasteiger partial charge in [-0.3, -0.25) is 0 Å². The van der Waals surface area contributed by atoms with E-state index >= 15 is 0 Å². The van der Waals surface area contributed by atoms with Crippen molar-refractivity contribution < 1.29 is 15.7 Å². The van der Waals surface area contributed by atoms with Crippen molar-refractivity contribution >= 4 is 6.29 Å². The first kappa shape index (κ1) is 17.6. The van der Waals surface area contributed by atoms with Crippen molar-refractivity contribution in [3.05, 3.63) is 0 Å². The van der Waals surface area contributed by atoms with Gasteiger partial charge >= 0.3 is 0 Å². The van der Waals surface area contributed by atoms with Gasteiger partial charge in [0, 0.05) is 6.42 Å². The molecule has 3 heteroatoms. The molecule has 4 N–H and O–H groups in total. The average molecular weight is 94.1 g/mol. The fourth-order valence-corrected chi connectivity index (χ4v) is 0. The van der Waals surface area contributed by atoms with Crippen molar-refractivity contribution in [2.75, 3.05) is 0 Å². The normalized spacial score (nSPS) is 4.17. The fourth-order valence-electron chi connectivity index (χ4n) is 0. The Bertz CT molecular complexity index is 20.0. The van der Waals surface area contributed by atoms with Gasteiger partial charge in [-0.2, -0.15) is 0 Å². The van der Waals surface area contributed by atoms with E-state index in [1.165, 1.54) is 0 Å². The summed E-state index contributed by atoms with van der Waals surface area (Å²) < 4.78 is 0. The second-order valence-corrected chi connectivity index (χ2v) is 0.575. The Kier molecular flexibility index (Phi) is 68.5. The maximum absolute atomic E-state index is 9.17. The van der Waals surface area contributed by atoms with E-state index in [-0.39, 0.29) is 11.0 Å². The summed E-state index contributed by atoms with van der Waals surface area (Å²) in [7, 11) is 0. The number of aldehydes is 1. The Morgan fingerprint density at radius 3 is 1.67 bits per heavy atom. The predicted octanol–water partition coefficient (Wildman–Crippen LogP) is -1.05. The first-order valence-corrected chi connectivity index (χ1v) is 1.35. The average Bonchev–Trinajstić information content (AvgIpc) is 1.37. The quantitative estimate of drug-likeness (QED) is 0.381. The minimum atomic E-state index is 0. The van der Waals surface area contributed by atoms with Gasteiger partial charge in [0.2, 0.25) is 0 Å². The van der Waals surface area contributed by atoms with Crippen molar-refractivity contribution in [1.29, 1.82) is 0 Å². The zero-order valence-electron chi connectivity index (χ0n) is 3.69. The lowest BCUT2D eigenvalue weighted by Crippen LogP contribution is -1.55. The van der Waals surface area contributed by atoms with Crippen LogP contribution < -0.4 is 0 Å². The van der Waals surface area contributed by atoms with Gasteiger partial charge in [-0.25, -0.2) is 0 Å². The Hall–Kier alpha value is -0.410. The molecule has 0 aromatic rings. The minimum Gasteiger partial charge on any atom is -0.412 e. The van der Waals surface area contributed by atoms with Gasteiger partial charge in [-0.05, 0) is 0 Å². The molecule has 0 bridgehead atoms. The van der Waals surface area contributed by atoms with E-state index in [1.807, 2.05) is 6.92 Å². The van der Waals surface area contributed by atoms with Crippen molar-refractivity contribution in [2.24, 2.45) is 0 Å². The van der Waals surface area contributed by atoms with Crippen LogP contribution in [0.15, 0.2) is 0 Å². The van der Waals surface area contributed by atoms with Crippen molar-refractivity contribution in [3.63, 3.8) is 0 Å². The summed E-state index contributed by atoms with van der Waals surface area (Å²) in [5.74, 6) is 0. The SMILES string of the molecule is CCC=O.O.O. The monoisotopic (exact) mass is 94.1 g/mol. The molecule has 0 unspecified atom stereocenters. The Labute approximate surface area is 36.6 Å². The summed E-state index contributed by atoms with van der Waals surface area (Å²) in [5.41, 5.74) is 0. The predicted molar refractivity (Wildman–Crippen MR) is 23.6 cm³/mol. The lowest BCUT2D eigenvalue weighted by molar-refractivity contribution is -0.107. The van der Waals surface area contributed by atoms with Crippen LogP contribution in [0.25, 0.3) is 0 Å². The molecule has 0 saturated heterocycles. The summed E-state index contributed by atoms with van der Waals surface area (Å²) in [6, 6.07) is 0. The molecule has 0 radical (unpaired) electrons. The van der Waals surface area contributed by atoms with Gasteiger partial charge in [0.25, 0.3) is 0 Å². The van der Waals surface area contributed by atoms with E-state index < -0.39 is 0 Å². The third kappa shape index (κ3) is 69.2. The highest BCUT2D eigenvalue weighted by Gasteiger charge is 1.52. The largest absolute Gasteiger partial charge is 0.412 e. The lowest BCUT2D eigenvalue weighted by atomic mass is 10.6. The second-order valence-electron chi connectivity index (χ2n) is 0.575. The van der Waals surface area contributed by atoms with Gasteiger partial charge in [0.05, 0.1) is 0 Å². The molecular formula is C3H10O3. The molecular weight excluding hydrogens is 84.0 g/mol. The van der Waals surface area contributed by atoms with Gasteiger partial charge in [-0.15, -0.1) is 0 Å². The van der Waals surface area contributed by atoms with E-state index in [4.69, 9.17) is 0 Å². The molecule has 0 aliphatic heterocycles.